The number of nitrogens with one attached hydrogen (secondary N) is 1. The van der Waals surface area contributed by atoms with E-state index in [1.165, 1.54) is 6.08 Å². The molecule has 1 aromatic heterocycles. The van der Waals surface area contributed by atoms with E-state index in [-0.39, 0.29) is 5.57 Å². The van der Waals surface area contributed by atoms with Gasteiger partial charge in [0.25, 0.3) is 11.8 Å². The highest BCUT2D eigenvalue weighted by Gasteiger charge is 2.37. The van der Waals surface area contributed by atoms with Crippen LogP contribution < -0.4 is 10.2 Å². The second-order valence-electron chi connectivity index (χ2n) is 6.98. The van der Waals surface area contributed by atoms with Crippen LogP contribution in [0, 0.1) is 13.8 Å². The second-order valence-corrected chi connectivity index (χ2v) is 7.84. The molecule has 0 bridgehead atoms. The van der Waals surface area contributed by atoms with Gasteiger partial charge in [-0.2, -0.15) is 0 Å². The molecule has 3 aromatic rings. The van der Waals surface area contributed by atoms with Crippen molar-refractivity contribution in [1.82, 2.24) is 5.32 Å². The molecule has 4 rings (SSSR count). The van der Waals surface area contributed by atoms with Crippen LogP contribution in [0.3, 0.4) is 0 Å². The number of aryl methyl sites for hydroxylation is 2. The summed E-state index contributed by atoms with van der Waals surface area (Å²) in [6.45, 7) is 3.84. The minimum absolute atomic E-state index is 0.181. The number of imide groups is 2. The molecule has 2 heterocycles. The van der Waals surface area contributed by atoms with Gasteiger partial charge in [-0.25, -0.2) is 9.69 Å². The lowest BCUT2D eigenvalue weighted by molar-refractivity contribution is -0.122. The van der Waals surface area contributed by atoms with E-state index in [9.17, 15) is 14.4 Å². The van der Waals surface area contributed by atoms with Crippen LogP contribution in [-0.4, -0.2) is 17.8 Å². The van der Waals surface area contributed by atoms with Crippen LogP contribution in [0.25, 0.3) is 17.4 Å². The minimum atomic E-state index is -0.781. The Hall–Kier alpha value is -3.45. The summed E-state index contributed by atoms with van der Waals surface area (Å²) >= 11 is 3.52. The zero-order valence-corrected chi connectivity index (χ0v) is 17.8. The standard InChI is InChI=1S/C23H17BrN2O4/c1-13-4-3-5-15(10-13)26-22(28)18(21(27)25-23(26)29)12-16-7-9-20(30-16)17-8-6-14(2)11-19(17)24/h3-12H,1-2H3,(H,25,27,29)/b18-12+. The van der Waals surface area contributed by atoms with E-state index in [1.54, 1.807) is 30.3 Å². The van der Waals surface area contributed by atoms with Crippen molar-refractivity contribution >= 4 is 45.5 Å². The Bertz CT molecular complexity index is 1230. The van der Waals surface area contributed by atoms with Crippen LogP contribution in [0.1, 0.15) is 16.9 Å². The number of furan rings is 1. The van der Waals surface area contributed by atoms with Crippen molar-refractivity contribution < 1.29 is 18.8 Å². The summed E-state index contributed by atoms with van der Waals surface area (Å²) in [7, 11) is 0. The Morgan fingerprint density at radius 1 is 0.967 bits per heavy atom. The average Bonchev–Trinajstić information content (AvgIpc) is 3.13. The van der Waals surface area contributed by atoms with Crippen molar-refractivity contribution in [3.05, 3.63) is 81.5 Å². The largest absolute Gasteiger partial charge is 0.457 e. The fourth-order valence-electron chi connectivity index (χ4n) is 3.20. The van der Waals surface area contributed by atoms with E-state index in [2.05, 4.69) is 21.2 Å². The third-order valence-corrected chi connectivity index (χ3v) is 5.32. The van der Waals surface area contributed by atoms with Gasteiger partial charge in [-0.1, -0.05) is 34.1 Å². The molecule has 0 aliphatic carbocycles. The van der Waals surface area contributed by atoms with Gasteiger partial charge in [0.2, 0.25) is 0 Å². The molecule has 150 valence electrons. The summed E-state index contributed by atoms with van der Waals surface area (Å²) in [6.07, 6.45) is 1.35. The molecule has 1 saturated heterocycles. The Balaban J connectivity index is 1.69. The molecule has 7 heteroatoms. The van der Waals surface area contributed by atoms with Crippen molar-refractivity contribution in [3.8, 4) is 11.3 Å². The van der Waals surface area contributed by atoms with Gasteiger partial charge >= 0.3 is 6.03 Å². The quantitative estimate of drug-likeness (QED) is 0.437. The van der Waals surface area contributed by atoms with Gasteiger partial charge < -0.3 is 4.42 Å². The molecule has 1 N–H and O–H groups in total. The zero-order valence-electron chi connectivity index (χ0n) is 16.2. The number of rotatable bonds is 3. The normalized spacial score (nSPS) is 15.6. The molecule has 0 unspecified atom stereocenters. The zero-order chi connectivity index (χ0) is 21.4. The van der Waals surface area contributed by atoms with Gasteiger partial charge in [0.15, 0.2) is 0 Å². The lowest BCUT2D eigenvalue weighted by Gasteiger charge is -2.26. The van der Waals surface area contributed by atoms with Crippen molar-refractivity contribution in [2.24, 2.45) is 0 Å². The van der Waals surface area contributed by atoms with E-state index in [0.717, 1.165) is 26.1 Å². The molecule has 1 aliphatic rings. The maximum absolute atomic E-state index is 13.0. The maximum Gasteiger partial charge on any atom is 0.335 e. The van der Waals surface area contributed by atoms with Crippen molar-refractivity contribution in [1.29, 1.82) is 0 Å². The molecule has 2 aromatic carbocycles. The molecule has 0 saturated carbocycles. The molecular weight excluding hydrogens is 448 g/mol. The van der Waals surface area contributed by atoms with E-state index >= 15 is 0 Å². The first-order chi connectivity index (χ1) is 14.3. The van der Waals surface area contributed by atoms with Gasteiger partial charge in [0, 0.05) is 10.0 Å². The van der Waals surface area contributed by atoms with Gasteiger partial charge in [0.05, 0.1) is 5.69 Å². The summed E-state index contributed by atoms with van der Waals surface area (Å²) in [6, 6.07) is 15.4. The topological polar surface area (TPSA) is 79.6 Å². The predicted molar refractivity (Wildman–Crippen MR) is 117 cm³/mol. The Morgan fingerprint density at radius 3 is 2.47 bits per heavy atom. The predicted octanol–water partition coefficient (Wildman–Crippen LogP) is 4.99. The number of hydrogen-bond donors (Lipinski definition) is 1. The Labute approximate surface area is 181 Å². The first kappa shape index (κ1) is 19.8. The summed E-state index contributed by atoms with van der Waals surface area (Å²) in [5, 5.41) is 2.21. The number of carbonyl (C=O) groups excluding carboxylic acids is 3. The molecule has 1 fully saturated rings. The highest BCUT2D eigenvalue weighted by molar-refractivity contribution is 9.10. The fourth-order valence-corrected chi connectivity index (χ4v) is 3.89. The lowest BCUT2D eigenvalue weighted by atomic mass is 10.1. The molecule has 0 radical (unpaired) electrons. The number of barbiturate groups is 1. The van der Waals surface area contributed by atoms with Crippen LogP contribution in [0.15, 0.2) is 69.1 Å². The summed E-state index contributed by atoms with van der Waals surface area (Å²) in [4.78, 5) is 38.5. The van der Waals surface area contributed by atoms with E-state index in [1.807, 2.05) is 38.1 Å². The summed E-state index contributed by atoms with van der Waals surface area (Å²) in [5.74, 6) is -0.550. The number of benzene rings is 2. The van der Waals surface area contributed by atoms with Gasteiger partial charge in [-0.05, 0) is 67.4 Å². The van der Waals surface area contributed by atoms with E-state index in [4.69, 9.17) is 4.42 Å². The van der Waals surface area contributed by atoms with Crippen LogP contribution in [-0.2, 0) is 9.59 Å². The Kier molecular flexibility index (Phi) is 5.13. The first-order valence-corrected chi connectivity index (χ1v) is 9.97. The van der Waals surface area contributed by atoms with Crippen molar-refractivity contribution in [2.45, 2.75) is 13.8 Å². The smallest absolute Gasteiger partial charge is 0.335 e. The fraction of sp³-hybridized carbons (Fsp3) is 0.0870. The highest BCUT2D eigenvalue weighted by atomic mass is 79.9. The highest BCUT2D eigenvalue weighted by Crippen LogP contribution is 2.31. The summed E-state index contributed by atoms with van der Waals surface area (Å²) < 4.78 is 6.71. The monoisotopic (exact) mass is 464 g/mol. The second kappa shape index (κ2) is 7.76. The summed E-state index contributed by atoms with van der Waals surface area (Å²) in [5.41, 5.74) is 3.04. The van der Waals surface area contributed by atoms with Gasteiger partial charge in [0.1, 0.15) is 17.1 Å². The first-order valence-electron chi connectivity index (χ1n) is 9.18. The van der Waals surface area contributed by atoms with Crippen molar-refractivity contribution in [2.75, 3.05) is 4.90 Å². The molecule has 1 aliphatic heterocycles. The average molecular weight is 465 g/mol. The molecule has 6 nitrogen and oxygen atoms in total. The third-order valence-electron chi connectivity index (χ3n) is 4.66. The number of anilines is 1. The number of nitrogens with zero attached hydrogens (tertiary/aromatic N) is 1. The molecule has 0 spiro atoms. The van der Waals surface area contributed by atoms with E-state index < -0.39 is 17.8 Å². The molecular formula is C23H17BrN2O4. The lowest BCUT2D eigenvalue weighted by Crippen LogP contribution is -2.54. The molecule has 30 heavy (non-hydrogen) atoms. The van der Waals surface area contributed by atoms with Crippen LogP contribution in [0.5, 0.6) is 0 Å². The third kappa shape index (κ3) is 3.71. The Morgan fingerprint density at radius 2 is 1.73 bits per heavy atom. The number of amides is 4. The number of hydrogen-bond acceptors (Lipinski definition) is 4. The van der Waals surface area contributed by atoms with Crippen LogP contribution in [0.2, 0.25) is 0 Å². The minimum Gasteiger partial charge on any atom is -0.457 e. The maximum atomic E-state index is 13.0. The SMILES string of the molecule is Cc1cccc(N2C(=O)NC(=O)/C(=C\c3ccc(-c4ccc(C)cc4Br)o3)C2=O)c1. The van der Waals surface area contributed by atoms with Crippen LogP contribution >= 0.6 is 15.9 Å². The van der Waals surface area contributed by atoms with Gasteiger partial charge in [-0.3, -0.25) is 14.9 Å². The molecule has 4 amide bonds. The van der Waals surface area contributed by atoms with Crippen LogP contribution in [0.4, 0.5) is 10.5 Å². The van der Waals surface area contributed by atoms with E-state index in [0.29, 0.717) is 17.2 Å². The molecule has 0 atom stereocenters. The van der Waals surface area contributed by atoms with Crippen molar-refractivity contribution in [3.63, 3.8) is 0 Å². The number of urea groups is 1. The van der Waals surface area contributed by atoms with Gasteiger partial charge in [-0.15, -0.1) is 0 Å². The number of carbonyl (C=O) groups is 3. The number of halogens is 1.